The number of benzene rings is 1. The maximum Gasteiger partial charge on any atom is 0.240 e. The molecule has 0 aliphatic carbocycles. The molecule has 0 spiro atoms. The van der Waals surface area contributed by atoms with Crippen molar-refractivity contribution in [2.75, 3.05) is 6.54 Å². The molecule has 0 unspecified atom stereocenters. The van der Waals surface area contributed by atoms with Crippen molar-refractivity contribution in [1.82, 2.24) is 4.72 Å². The van der Waals surface area contributed by atoms with Crippen LogP contribution in [0.1, 0.15) is 12.0 Å². The Morgan fingerprint density at radius 3 is 2.71 bits per heavy atom. The fourth-order valence-corrected chi connectivity index (χ4v) is 2.66. The maximum absolute atomic E-state index is 12.8. The molecular formula is C10H13FN2O2S2. The lowest BCUT2D eigenvalue weighted by molar-refractivity contribution is 0.581. The molecule has 94 valence electrons. The average Bonchev–Trinajstić information content (AvgIpc) is 2.15. The third kappa shape index (κ3) is 4.03. The number of nitrogens with one attached hydrogen (secondary N) is 1. The van der Waals surface area contributed by atoms with Gasteiger partial charge in [-0.15, -0.1) is 0 Å². The fourth-order valence-electron chi connectivity index (χ4n) is 1.30. The molecular weight excluding hydrogens is 263 g/mol. The standard InChI is InChI=1S/C10H13FN2O2S2/c1-7-6-8(11)2-3-9(7)17(14,15)13-5-4-10(12)16/h2-3,6,13H,4-5H2,1H3,(H2,12,16). The van der Waals surface area contributed by atoms with E-state index in [2.05, 4.69) is 16.9 Å². The molecule has 0 amide bonds. The topological polar surface area (TPSA) is 72.2 Å². The number of sulfonamides is 1. The first-order valence-electron chi connectivity index (χ1n) is 4.87. The van der Waals surface area contributed by atoms with Gasteiger partial charge in [0.1, 0.15) is 5.82 Å². The molecule has 1 aromatic rings. The third-order valence-corrected chi connectivity index (χ3v) is 3.92. The molecule has 0 bridgehead atoms. The number of halogens is 1. The van der Waals surface area contributed by atoms with E-state index in [1.165, 1.54) is 19.1 Å². The van der Waals surface area contributed by atoms with E-state index in [9.17, 15) is 12.8 Å². The van der Waals surface area contributed by atoms with E-state index in [4.69, 9.17) is 5.73 Å². The number of nitrogens with two attached hydrogens (primary N) is 1. The number of aryl methyl sites for hydroxylation is 1. The van der Waals surface area contributed by atoms with Crippen molar-refractivity contribution < 1.29 is 12.8 Å². The zero-order valence-electron chi connectivity index (χ0n) is 9.23. The van der Waals surface area contributed by atoms with Crippen LogP contribution >= 0.6 is 12.2 Å². The lowest BCUT2D eigenvalue weighted by Crippen LogP contribution is -2.28. The minimum absolute atomic E-state index is 0.0573. The van der Waals surface area contributed by atoms with Crippen molar-refractivity contribution in [1.29, 1.82) is 0 Å². The Bertz CT molecular complexity index is 529. The summed E-state index contributed by atoms with van der Waals surface area (Å²) in [6.07, 6.45) is 0.287. The first kappa shape index (κ1) is 14.0. The Labute approximate surface area is 105 Å². The van der Waals surface area contributed by atoms with E-state index in [1.54, 1.807) is 0 Å². The van der Waals surface area contributed by atoms with Crippen LogP contribution in [0, 0.1) is 12.7 Å². The van der Waals surface area contributed by atoms with Gasteiger partial charge in [-0.25, -0.2) is 17.5 Å². The van der Waals surface area contributed by atoms with Gasteiger partial charge in [0.25, 0.3) is 0 Å². The van der Waals surface area contributed by atoms with Gasteiger partial charge >= 0.3 is 0 Å². The van der Waals surface area contributed by atoms with Crippen molar-refractivity contribution in [3.8, 4) is 0 Å². The molecule has 0 aliphatic heterocycles. The molecule has 0 aliphatic rings. The second-order valence-corrected chi connectivity index (χ2v) is 5.78. The van der Waals surface area contributed by atoms with Crippen LogP contribution in [0.2, 0.25) is 0 Å². The minimum atomic E-state index is -3.64. The van der Waals surface area contributed by atoms with Gasteiger partial charge in [0.15, 0.2) is 0 Å². The SMILES string of the molecule is Cc1cc(F)ccc1S(=O)(=O)NCCC(N)=S. The van der Waals surface area contributed by atoms with E-state index in [0.717, 1.165) is 6.07 Å². The van der Waals surface area contributed by atoms with E-state index in [-0.39, 0.29) is 22.8 Å². The Kier molecular flexibility index (Phi) is 4.55. The second kappa shape index (κ2) is 5.52. The first-order chi connectivity index (χ1) is 7.83. The maximum atomic E-state index is 12.8. The second-order valence-electron chi connectivity index (χ2n) is 3.52. The minimum Gasteiger partial charge on any atom is -0.393 e. The van der Waals surface area contributed by atoms with Gasteiger partial charge in [0.05, 0.1) is 9.88 Å². The van der Waals surface area contributed by atoms with Gasteiger partial charge in [0, 0.05) is 13.0 Å². The number of hydrogen-bond acceptors (Lipinski definition) is 3. The summed E-state index contributed by atoms with van der Waals surface area (Å²) in [5.74, 6) is -0.468. The average molecular weight is 276 g/mol. The fraction of sp³-hybridized carbons (Fsp3) is 0.300. The van der Waals surface area contributed by atoms with Gasteiger partial charge in [-0.3, -0.25) is 0 Å². The monoisotopic (exact) mass is 276 g/mol. The summed E-state index contributed by atoms with van der Waals surface area (Å²) in [4.78, 5) is 0.297. The highest BCUT2D eigenvalue weighted by atomic mass is 32.2. The molecule has 17 heavy (non-hydrogen) atoms. The largest absolute Gasteiger partial charge is 0.393 e. The summed E-state index contributed by atoms with van der Waals surface area (Å²) in [7, 11) is -3.64. The highest BCUT2D eigenvalue weighted by Gasteiger charge is 2.16. The van der Waals surface area contributed by atoms with Crippen LogP contribution in [0.4, 0.5) is 4.39 Å². The molecule has 1 rings (SSSR count). The predicted molar refractivity (Wildman–Crippen MR) is 67.7 cm³/mol. The summed E-state index contributed by atoms with van der Waals surface area (Å²) in [6.45, 7) is 1.67. The van der Waals surface area contributed by atoms with Crippen molar-refractivity contribution in [2.24, 2.45) is 5.73 Å². The molecule has 0 atom stereocenters. The Morgan fingerprint density at radius 1 is 1.53 bits per heavy atom. The van der Waals surface area contributed by atoms with Gasteiger partial charge < -0.3 is 5.73 Å². The summed E-state index contributed by atoms with van der Waals surface area (Å²) >= 11 is 4.64. The zero-order valence-corrected chi connectivity index (χ0v) is 10.9. The molecule has 0 fully saturated rings. The summed E-state index contributed by atoms with van der Waals surface area (Å²) in [5.41, 5.74) is 5.61. The van der Waals surface area contributed by atoms with E-state index in [0.29, 0.717) is 5.56 Å². The number of rotatable bonds is 5. The van der Waals surface area contributed by atoms with Crippen molar-refractivity contribution in [3.05, 3.63) is 29.6 Å². The first-order valence-corrected chi connectivity index (χ1v) is 6.76. The Hall–Kier alpha value is -1.05. The molecule has 0 radical (unpaired) electrons. The van der Waals surface area contributed by atoms with Gasteiger partial charge in [0.2, 0.25) is 10.0 Å². The van der Waals surface area contributed by atoms with Crippen LogP contribution < -0.4 is 10.5 Å². The van der Waals surface area contributed by atoms with E-state index < -0.39 is 15.8 Å². The van der Waals surface area contributed by atoms with Crippen LogP contribution in [-0.4, -0.2) is 20.0 Å². The van der Waals surface area contributed by atoms with Gasteiger partial charge in [-0.05, 0) is 30.7 Å². The molecule has 3 N–H and O–H groups in total. The molecule has 1 aromatic carbocycles. The molecule has 0 saturated heterocycles. The molecule has 0 aromatic heterocycles. The highest BCUT2D eigenvalue weighted by Crippen LogP contribution is 2.15. The number of thiocarbonyl (C=S) groups is 1. The van der Waals surface area contributed by atoms with Crippen LogP contribution in [0.15, 0.2) is 23.1 Å². The molecule has 0 saturated carbocycles. The van der Waals surface area contributed by atoms with Crippen LogP contribution in [-0.2, 0) is 10.0 Å². The summed E-state index contributed by atoms with van der Waals surface area (Å²) in [5, 5.41) is 0. The van der Waals surface area contributed by atoms with Gasteiger partial charge in [-0.2, -0.15) is 0 Å². The van der Waals surface area contributed by atoms with Crippen molar-refractivity contribution in [3.63, 3.8) is 0 Å². The molecule has 7 heteroatoms. The van der Waals surface area contributed by atoms with Crippen LogP contribution in [0.5, 0.6) is 0 Å². The smallest absolute Gasteiger partial charge is 0.240 e. The Balaban J connectivity index is 2.86. The Morgan fingerprint density at radius 2 is 2.18 bits per heavy atom. The van der Waals surface area contributed by atoms with Crippen molar-refractivity contribution in [2.45, 2.75) is 18.2 Å². The quantitative estimate of drug-likeness (QED) is 0.790. The van der Waals surface area contributed by atoms with Crippen LogP contribution in [0.25, 0.3) is 0 Å². The lowest BCUT2D eigenvalue weighted by Gasteiger charge is -2.08. The highest BCUT2D eigenvalue weighted by molar-refractivity contribution is 7.89. The summed E-state index contributed by atoms with van der Waals surface area (Å²) < 4.78 is 38.9. The predicted octanol–water partition coefficient (Wildman–Crippen LogP) is 1.09. The zero-order chi connectivity index (χ0) is 13.1. The van der Waals surface area contributed by atoms with E-state index >= 15 is 0 Å². The van der Waals surface area contributed by atoms with E-state index in [1.807, 2.05) is 0 Å². The number of hydrogen-bond donors (Lipinski definition) is 2. The normalized spacial score (nSPS) is 11.4. The molecule has 0 heterocycles. The lowest BCUT2D eigenvalue weighted by atomic mass is 10.2. The van der Waals surface area contributed by atoms with Gasteiger partial charge in [-0.1, -0.05) is 12.2 Å². The molecule has 4 nitrogen and oxygen atoms in total. The van der Waals surface area contributed by atoms with Crippen LogP contribution in [0.3, 0.4) is 0 Å². The third-order valence-electron chi connectivity index (χ3n) is 2.09. The van der Waals surface area contributed by atoms with Crippen molar-refractivity contribution >= 4 is 27.2 Å². The summed E-state index contributed by atoms with van der Waals surface area (Å²) in [6, 6.07) is 3.50.